The number of rotatable bonds is 2. The van der Waals surface area contributed by atoms with Crippen molar-refractivity contribution in [2.75, 3.05) is 7.11 Å². The van der Waals surface area contributed by atoms with E-state index in [-0.39, 0.29) is 11.5 Å². The molecule has 1 rings (SSSR count). The third-order valence-electron chi connectivity index (χ3n) is 2.14. The van der Waals surface area contributed by atoms with Crippen molar-refractivity contribution in [2.24, 2.45) is 0 Å². The fraction of sp³-hybridized carbons (Fsp3) is 0.250. The van der Waals surface area contributed by atoms with E-state index in [2.05, 4.69) is 4.85 Å². The van der Waals surface area contributed by atoms with Gasteiger partial charge in [0.05, 0.1) is 19.4 Å². The molecular formula is C12H13NO2. The molecule has 0 saturated heterocycles. The molecule has 0 aliphatic heterocycles. The van der Waals surface area contributed by atoms with E-state index in [4.69, 9.17) is 11.3 Å². The highest BCUT2D eigenvalue weighted by molar-refractivity contribution is 5.74. The summed E-state index contributed by atoms with van der Waals surface area (Å²) in [6, 6.07) is 5.39. The minimum absolute atomic E-state index is 0.0401. The maximum Gasteiger partial charge on any atom is 0.230 e. The van der Waals surface area contributed by atoms with Crippen molar-refractivity contribution in [1.29, 1.82) is 0 Å². The van der Waals surface area contributed by atoms with Gasteiger partial charge in [0.1, 0.15) is 5.75 Å². The Labute approximate surface area is 89.4 Å². The van der Waals surface area contributed by atoms with Crippen LogP contribution in [0.15, 0.2) is 24.0 Å². The summed E-state index contributed by atoms with van der Waals surface area (Å²) in [5, 5.41) is 9.35. The number of ether oxygens (including phenoxy) is 1. The second-order valence-electron chi connectivity index (χ2n) is 3.23. The van der Waals surface area contributed by atoms with Crippen LogP contribution in [0.3, 0.4) is 0 Å². The summed E-state index contributed by atoms with van der Waals surface area (Å²) >= 11 is 0. The molecule has 0 atom stereocenters. The largest absolute Gasteiger partial charge is 0.524 e. The average molecular weight is 203 g/mol. The summed E-state index contributed by atoms with van der Waals surface area (Å²) in [6.07, 6.45) is 0. The summed E-state index contributed by atoms with van der Waals surface area (Å²) in [7, 11) is 1.59. The van der Waals surface area contributed by atoms with Gasteiger partial charge in [-0.15, -0.1) is 0 Å². The van der Waals surface area contributed by atoms with Crippen LogP contribution < -0.4 is 4.74 Å². The zero-order chi connectivity index (χ0) is 11.4. The Morgan fingerprint density at radius 2 is 2.13 bits per heavy atom. The molecule has 0 amide bonds. The SMILES string of the molecule is [C-]#[N+]C(=C(C)O)c1ccc(OC)cc1C. The first-order valence-electron chi connectivity index (χ1n) is 4.52. The average Bonchev–Trinajstić information content (AvgIpc) is 2.20. The number of allylic oxidation sites excluding steroid dienone is 1. The molecule has 1 aromatic carbocycles. The molecule has 1 aromatic rings. The molecule has 0 spiro atoms. The van der Waals surface area contributed by atoms with Crippen LogP contribution in [-0.2, 0) is 0 Å². The van der Waals surface area contributed by atoms with E-state index >= 15 is 0 Å². The molecule has 0 saturated carbocycles. The minimum Gasteiger partial charge on any atom is -0.524 e. The lowest BCUT2D eigenvalue weighted by Crippen LogP contribution is -1.91. The zero-order valence-electron chi connectivity index (χ0n) is 9.03. The monoisotopic (exact) mass is 203 g/mol. The molecule has 3 nitrogen and oxygen atoms in total. The number of nitrogens with zero attached hydrogens (tertiary/aromatic N) is 1. The van der Waals surface area contributed by atoms with Gasteiger partial charge in [0.15, 0.2) is 0 Å². The highest BCUT2D eigenvalue weighted by Crippen LogP contribution is 2.25. The molecule has 1 N–H and O–H groups in total. The maximum absolute atomic E-state index is 9.35. The Balaban J connectivity index is 3.29. The third-order valence-corrected chi connectivity index (χ3v) is 2.14. The van der Waals surface area contributed by atoms with Gasteiger partial charge < -0.3 is 9.84 Å². The lowest BCUT2D eigenvalue weighted by Gasteiger charge is -2.07. The maximum atomic E-state index is 9.35. The molecule has 0 radical (unpaired) electrons. The van der Waals surface area contributed by atoms with E-state index in [1.807, 2.05) is 13.0 Å². The Morgan fingerprint density at radius 3 is 2.53 bits per heavy atom. The van der Waals surface area contributed by atoms with Gasteiger partial charge in [0.25, 0.3) is 0 Å². The van der Waals surface area contributed by atoms with Gasteiger partial charge in [0, 0.05) is 0 Å². The third kappa shape index (κ3) is 2.29. The molecule has 0 aliphatic carbocycles. The first kappa shape index (κ1) is 11.1. The molecule has 0 fully saturated rings. The molecule has 3 heteroatoms. The van der Waals surface area contributed by atoms with E-state index in [1.54, 1.807) is 19.2 Å². The predicted octanol–water partition coefficient (Wildman–Crippen LogP) is 3.17. The fourth-order valence-corrected chi connectivity index (χ4v) is 1.36. The summed E-state index contributed by atoms with van der Waals surface area (Å²) in [5.41, 5.74) is 1.94. The van der Waals surface area contributed by atoms with Gasteiger partial charge >= 0.3 is 0 Å². The smallest absolute Gasteiger partial charge is 0.230 e. The van der Waals surface area contributed by atoms with E-state index in [1.165, 1.54) is 6.92 Å². The number of hydrogen-bond acceptors (Lipinski definition) is 2. The van der Waals surface area contributed by atoms with Gasteiger partial charge in [-0.05, 0) is 31.5 Å². The van der Waals surface area contributed by atoms with Crippen molar-refractivity contribution in [3.05, 3.63) is 46.5 Å². The van der Waals surface area contributed by atoms with Crippen molar-refractivity contribution in [3.8, 4) is 5.75 Å². The molecule has 78 valence electrons. The highest BCUT2D eigenvalue weighted by Gasteiger charge is 2.09. The number of aliphatic hydroxyl groups is 1. The molecule has 15 heavy (non-hydrogen) atoms. The van der Waals surface area contributed by atoms with Crippen LogP contribution in [0.4, 0.5) is 0 Å². The van der Waals surface area contributed by atoms with Gasteiger partial charge in [-0.3, -0.25) is 0 Å². The fourth-order valence-electron chi connectivity index (χ4n) is 1.36. The molecule has 0 bridgehead atoms. The van der Waals surface area contributed by atoms with Crippen LogP contribution in [0.2, 0.25) is 0 Å². The topological polar surface area (TPSA) is 33.8 Å². The van der Waals surface area contributed by atoms with E-state index in [0.29, 0.717) is 0 Å². The number of aryl methyl sites for hydroxylation is 1. The Bertz CT molecular complexity index is 437. The van der Waals surface area contributed by atoms with Crippen molar-refractivity contribution in [1.82, 2.24) is 0 Å². The van der Waals surface area contributed by atoms with Crippen molar-refractivity contribution in [3.63, 3.8) is 0 Å². The summed E-state index contributed by atoms with van der Waals surface area (Å²) in [5.74, 6) is 0.787. The van der Waals surface area contributed by atoms with Gasteiger partial charge in [-0.1, -0.05) is 11.6 Å². The minimum atomic E-state index is 0.0401. The second kappa shape index (κ2) is 4.52. The van der Waals surface area contributed by atoms with Crippen LogP contribution in [-0.4, -0.2) is 12.2 Å². The Kier molecular flexibility index (Phi) is 3.35. The van der Waals surface area contributed by atoms with Crippen LogP contribution in [0.1, 0.15) is 18.1 Å². The second-order valence-corrected chi connectivity index (χ2v) is 3.23. The van der Waals surface area contributed by atoms with E-state index in [9.17, 15) is 5.11 Å². The number of aliphatic hydroxyl groups excluding tert-OH is 1. The molecule has 0 aliphatic rings. The summed E-state index contributed by atoms with van der Waals surface area (Å²) in [4.78, 5) is 3.31. The lowest BCUT2D eigenvalue weighted by molar-refractivity contribution is 0.413. The van der Waals surface area contributed by atoms with Gasteiger partial charge in [0.2, 0.25) is 5.70 Å². The highest BCUT2D eigenvalue weighted by atomic mass is 16.5. The van der Waals surface area contributed by atoms with Crippen LogP contribution in [0.25, 0.3) is 10.5 Å². The van der Waals surface area contributed by atoms with Crippen LogP contribution >= 0.6 is 0 Å². The molecular weight excluding hydrogens is 190 g/mol. The molecule has 0 aromatic heterocycles. The van der Waals surface area contributed by atoms with Gasteiger partial charge in [-0.25, -0.2) is 4.85 Å². The summed E-state index contributed by atoms with van der Waals surface area (Å²) < 4.78 is 5.07. The quantitative estimate of drug-likeness (QED) is 0.591. The Hall–Kier alpha value is -1.95. The number of benzene rings is 1. The number of methoxy groups -OCH3 is 1. The number of hydrogen-bond donors (Lipinski definition) is 1. The first-order chi connectivity index (χ1) is 7.10. The van der Waals surface area contributed by atoms with E-state index in [0.717, 1.165) is 16.9 Å². The normalized spacial score (nSPS) is 11.6. The Morgan fingerprint density at radius 1 is 1.47 bits per heavy atom. The lowest BCUT2D eigenvalue weighted by atomic mass is 10.0. The predicted molar refractivity (Wildman–Crippen MR) is 59.6 cm³/mol. The van der Waals surface area contributed by atoms with Crippen LogP contribution in [0.5, 0.6) is 5.75 Å². The van der Waals surface area contributed by atoms with E-state index < -0.39 is 0 Å². The molecule has 0 unspecified atom stereocenters. The standard InChI is InChI=1S/C12H13NO2/c1-8-7-10(15-4)5-6-11(8)12(13-3)9(2)14/h5-7,14H,1-2,4H3. The summed E-state index contributed by atoms with van der Waals surface area (Å²) in [6.45, 7) is 10.4. The van der Waals surface area contributed by atoms with Crippen molar-refractivity contribution in [2.45, 2.75) is 13.8 Å². The zero-order valence-corrected chi connectivity index (χ0v) is 9.03. The van der Waals surface area contributed by atoms with Crippen molar-refractivity contribution < 1.29 is 9.84 Å². The van der Waals surface area contributed by atoms with Gasteiger partial charge in [-0.2, -0.15) is 0 Å². The first-order valence-corrected chi connectivity index (χ1v) is 4.52. The van der Waals surface area contributed by atoms with Crippen molar-refractivity contribution >= 4 is 5.70 Å². The van der Waals surface area contributed by atoms with Crippen LogP contribution in [0, 0.1) is 13.5 Å². The molecule has 0 heterocycles.